The van der Waals surface area contributed by atoms with Crippen molar-refractivity contribution in [2.45, 2.75) is 20.8 Å². The first-order valence-electron chi connectivity index (χ1n) is 6.66. The summed E-state index contributed by atoms with van der Waals surface area (Å²) in [6.45, 7) is 6.33. The zero-order valence-electron chi connectivity index (χ0n) is 12.0. The molecule has 0 aliphatic rings. The van der Waals surface area contributed by atoms with Gasteiger partial charge < -0.3 is 9.09 Å². The summed E-state index contributed by atoms with van der Waals surface area (Å²) >= 11 is 0. The lowest BCUT2D eigenvalue weighted by molar-refractivity contribution is 0.639. The topological polar surface area (TPSA) is 14.2 Å². The Balaban J connectivity index is 2.23. The quantitative estimate of drug-likeness (QED) is 0.620. The Labute approximate surface area is 121 Å². The van der Waals surface area contributed by atoms with E-state index in [0.717, 1.165) is 11.3 Å². The van der Waals surface area contributed by atoms with E-state index in [2.05, 4.69) is 71.2 Å². The fraction of sp³-hybridized carbons (Fsp3) is 0.176. The fourth-order valence-corrected chi connectivity index (χ4v) is 2.98. The Bertz CT molecular complexity index is 789. The highest BCUT2D eigenvalue weighted by Crippen LogP contribution is 2.28. The zero-order chi connectivity index (χ0) is 14.3. The molecule has 102 valence electrons. The fourth-order valence-electron chi connectivity index (χ4n) is 2.72. The second kappa shape index (κ2) is 4.96. The van der Waals surface area contributed by atoms with Crippen LogP contribution in [-0.2, 0) is 0 Å². The molecule has 3 heteroatoms. The second-order valence-corrected chi connectivity index (χ2v) is 5.49. The van der Waals surface area contributed by atoms with Crippen LogP contribution in [0.3, 0.4) is 0 Å². The van der Waals surface area contributed by atoms with Crippen LogP contribution in [0, 0.1) is 20.8 Å². The van der Waals surface area contributed by atoms with Crippen LogP contribution in [0.15, 0.2) is 42.5 Å². The monoisotopic (exact) mass is 283 g/mol. The van der Waals surface area contributed by atoms with Crippen molar-refractivity contribution < 1.29 is 4.52 Å². The van der Waals surface area contributed by atoms with Crippen molar-refractivity contribution in [3.05, 3.63) is 59.3 Å². The van der Waals surface area contributed by atoms with Crippen molar-refractivity contribution in [2.24, 2.45) is 0 Å². The molecule has 0 spiro atoms. The molecular weight excluding hydrogens is 265 g/mol. The Morgan fingerprint density at radius 2 is 1.75 bits per heavy atom. The first kappa shape index (κ1) is 13.2. The standard InChI is InChI=1S/C17H18NOP/c1-11-4-6-16-14(8-11)10-13(3)18(16)15-5-7-17(19-20)12(2)9-15/h4-10H,20H2,1-3H3. The van der Waals surface area contributed by atoms with Gasteiger partial charge >= 0.3 is 0 Å². The molecule has 0 aliphatic heterocycles. The summed E-state index contributed by atoms with van der Waals surface area (Å²) in [6.07, 6.45) is 0. The van der Waals surface area contributed by atoms with Gasteiger partial charge in [0, 0.05) is 16.8 Å². The Kier molecular flexibility index (Phi) is 3.27. The highest BCUT2D eigenvalue weighted by molar-refractivity contribution is 7.10. The van der Waals surface area contributed by atoms with Gasteiger partial charge in [-0.25, -0.2) is 0 Å². The van der Waals surface area contributed by atoms with E-state index in [1.165, 1.54) is 27.8 Å². The van der Waals surface area contributed by atoms with Crippen molar-refractivity contribution in [3.8, 4) is 11.4 Å². The Hall–Kier alpha value is -1.79. The number of benzene rings is 2. The molecule has 3 aromatic rings. The van der Waals surface area contributed by atoms with Gasteiger partial charge in [-0.2, -0.15) is 0 Å². The molecule has 0 saturated heterocycles. The lowest BCUT2D eigenvalue weighted by Gasteiger charge is -2.11. The van der Waals surface area contributed by atoms with Gasteiger partial charge in [0.2, 0.25) is 0 Å². The Morgan fingerprint density at radius 3 is 2.45 bits per heavy atom. The van der Waals surface area contributed by atoms with Crippen LogP contribution in [0.1, 0.15) is 16.8 Å². The minimum atomic E-state index is 0.892. The minimum absolute atomic E-state index is 0.892. The van der Waals surface area contributed by atoms with Gasteiger partial charge in [0.1, 0.15) is 5.75 Å². The predicted molar refractivity (Wildman–Crippen MR) is 87.8 cm³/mol. The molecule has 1 unspecified atom stereocenters. The number of rotatable bonds is 2. The van der Waals surface area contributed by atoms with Crippen LogP contribution in [0.5, 0.6) is 5.75 Å². The Morgan fingerprint density at radius 1 is 0.950 bits per heavy atom. The molecular formula is C17H18NOP. The normalized spacial score (nSPS) is 11.0. The summed E-state index contributed by atoms with van der Waals surface area (Å²) in [5.41, 5.74) is 6.07. The van der Waals surface area contributed by atoms with E-state index in [4.69, 9.17) is 4.52 Å². The second-order valence-electron chi connectivity index (χ2n) is 5.25. The molecule has 0 bridgehead atoms. The molecule has 0 radical (unpaired) electrons. The van der Waals surface area contributed by atoms with E-state index >= 15 is 0 Å². The molecule has 0 aliphatic carbocycles. The number of aromatic nitrogens is 1. The lowest BCUT2D eigenvalue weighted by atomic mass is 10.1. The maximum atomic E-state index is 5.26. The number of aryl methyl sites for hydroxylation is 3. The van der Waals surface area contributed by atoms with Crippen LogP contribution >= 0.6 is 9.47 Å². The molecule has 0 fully saturated rings. The van der Waals surface area contributed by atoms with E-state index in [-0.39, 0.29) is 0 Å². The molecule has 2 nitrogen and oxygen atoms in total. The maximum absolute atomic E-state index is 5.26. The van der Waals surface area contributed by atoms with E-state index in [0.29, 0.717) is 0 Å². The molecule has 2 aromatic carbocycles. The van der Waals surface area contributed by atoms with E-state index in [9.17, 15) is 0 Å². The first-order valence-corrected chi connectivity index (χ1v) is 7.14. The largest absolute Gasteiger partial charge is 0.480 e. The average Bonchev–Trinajstić information content (AvgIpc) is 2.73. The molecule has 0 N–H and O–H groups in total. The van der Waals surface area contributed by atoms with Crippen LogP contribution < -0.4 is 4.52 Å². The third kappa shape index (κ3) is 2.10. The summed E-state index contributed by atoms with van der Waals surface area (Å²) in [7, 11) is 2.30. The number of nitrogens with zero attached hydrogens (tertiary/aromatic N) is 1. The van der Waals surface area contributed by atoms with Crippen molar-refractivity contribution in [1.29, 1.82) is 0 Å². The van der Waals surface area contributed by atoms with Crippen LogP contribution in [0.4, 0.5) is 0 Å². The predicted octanol–water partition coefficient (Wildman–Crippen LogP) is 4.72. The number of hydrogen-bond donors (Lipinski definition) is 0. The maximum Gasteiger partial charge on any atom is 0.125 e. The zero-order valence-corrected chi connectivity index (χ0v) is 13.1. The average molecular weight is 283 g/mol. The van der Waals surface area contributed by atoms with Crippen molar-refractivity contribution >= 4 is 20.4 Å². The summed E-state index contributed by atoms with van der Waals surface area (Å²) in [5.74, 6) is 0.892. The molecule has 1 aromatic heterocycles. The van der Waals surface area contributed by atoms with Gasteiger partial charge in [0.05, 0.1) is 15.0 Å². The minimum Gasteiger partial charge on any atom is -0.480 e. The van der Waals surface area contributed by atoms with Crippen molar-refractivity contribution in [3.63, 3.8) is 0 Å². The van der Waals surface area contributed by atoms with Gasteiger partial charge in [-0.15, -0.1) is 0 Å². The molecule has 1 atom stereocenters. The van der Waals surface area contributed by atoms with Gasteiger partial charge in [-0.1, -0.05) is 11.6 Å². The molecule has 0 saturated carbocycles. The van der Waals surface area contributed by atoms with Crippen molar-refractivity contribution in [2.75, 3.05) is 0 Å². The lowest BCUT2D eigenvalue weighted by Crippen LogP contribution is -1.97. The highest BCUT2D eigenvalue weighted by Gasteiger charge is 2.09. The number of fused-ring (bicyclic) bond motifs is 1. The van der Waals surface area contributed by atoms with Gasteiger partial charge in [-0.3, -0.25) is 0 Å². The van der Waals surface area contributed by atoms with E-state index < -0.39 is 0 Å². The third-order valence-electron chi connectivity index (χ3n) is 3.68. The van der Waals surface area contributed by atoms with Gasteiger partial charge in [0.25, 0.3) is 0 Å². The molecule has 1 heterocycles. The molecule has 3 rings (SSSR count). The molecule has 20 heavy (non-hydrogen) atoms. The number of hydrogen-bond acceptors (Lipinski definition) is 1. The summed E-state index contributed by atoms with van der Waals surface area (Å²) in [6, 6.07) is 15.1. The van der Waals surface area contributed by atoms with E-state index in [1.54, 1.807) is 0 Å². The first-order chi connectivity index (χ1) is 9.60. The smallest absolute Gasteiger partial charge is 0.125 e. The molecule has 0 amide bonds. The van der Waals surface area contributed by atoms with E-state index in [1.807, 2.05) is 6.07 Å². The summed E-state index contributed by atoms with van der Waals surface area (Å²) < 4.78 is 7.54. The SMILES string of the molecule is Cc1ccc2c(c1)cc(C)n2-c1ccc(OP)c(C)c1. The highest BCUT2D eigenvalue weighted by atomic mass is 31.0. The van der Waals surface area contributed by atoms with Crippen LogP contribution in [0.2, 0.25) is 0 Å². The summed E-state index contributed by atoms with van der Waals surface area (Å²) in [5, 5.41) is 1.28. The van der Waals surface area contributed by atoms with Crippen LogP contribution in [0.25, 0.3) is 16.6 Å². The third-order valence-corrected chi connectivity index (χ3v) is 3.94. The summed E-state index contributed by atoms with van der Waals surface area (Å²) in [4.78, 5) is 0. The van der Waals surface area contributed by atoms with Crippen LogP contribution in [-0.4, -0.2) is 4.57 Å². The van der Waals surface area contributed by atoms with Crippen molar-refractivity contribution in [1.82, 2.24) is 4.57 Å². The van der Waals surface area contributed by atoms with Gasteiger partial charge in [0.15, 0.2) is 0 Å². The van der Waals surface area contributed by atoms with Gasteiger partial charge in [-0.05, 0) is 62.7 Å².